The molecule has 0 unspecified atom stereocenters. The van der Waals surface area contributed by atoms with E-state index in [2.05, 4.69) is 14.7 Å². The molecule has 21 heavy (non-hydrogen) atoms. The third-order valence-corrected chi connectivity index (χ3v) is 3.17. The predicted molar refractivity (Wildman–Crippen MR) is 72.3 cm³/mol. The summed E-state index contributed by atoms with van der Waals surface area (Å²) in [7, 11) is 1.53. The number of anilines is 1. The number of rotatable bonds is 6. The molecular weight excluding hydrogens is 306 g/mol. The van der Waals surface area contributed by atoms with E-state index in [4.69, 9.17) is 4.74 Å². The lowest BCUT2D eigenvalue weighted by molar-refractivity contribution is -0.387. The lowest BCUT2D eigenvalue weighted by atomic mass is 10.1. The zero-order chi connectivity index (χ0) is 15.4. The van der Waals surface area contributed by atoms with Crippen molar-refractivity contribution >= 4 is 22.4 Å². The van der Waals surface area contributed by atoms with Gasteiger partial charge in [0.1, 0.15) is 5.82 Å². The fourth-order valence-corrected chi connectivity index (χ4v) is 2.14. The molecule has 0 bridgehead atoms. The minimum atomic E-state index is -1.29. The number of nitro benzene ring substituents is 1. The maximum absolute atomic E-state index is 14.0. The van der Waals surface area contributed by atoms with Gasteiger partial charge in [0.2, 0.25) is 10.9 Å². The third-order valence-electron chi connectivity index (χ3n) is 2.50. The summed E-state index contributed by atoms with van der Waals surface area (Å²) in [5.74, 6) is -2.49. The Balaban J connectivity index is 2.33. The minimum absolute atomic E-state index is 0.237. The number of methoxy groups -OCH3 is 1. The SMILES string of the molecule is COCCNc1nc(-c2c(F)ccc([N+](=O)[O-])c2F)ns1. The predicted octanol–water partition coefficient (Wildman–Crippen LogP) is 2.45. The first-order chi connectivity index (χ1) is 10.0. The number of halogens is 2. The van der Waals surface area contributed by atoms with Gasteiger partial charge in [-0.2, -0.15) is 13.7 Å². The zero-order valence-corrected chi connectivity index (χ0v) is 11.6. The first kappa shape index (κ1) is 15.2. The van der Waals surface area contributed by atoms with E-state index in [1.165, 1.54) is 7.11 Å². The molecule has 2 aromatic rings. The van der Waals surface area contributed by atoms with Gasteiger partial charge >= 0.3 is 5.69 Å². The molecular formula is C11H10F2N4O3S. The number of hydrogen-bond acceptors (Lipinski definition) is 7. The van der Waals surface area contributed by atoms with Crippen molar-refractivity contribution in [2.45, 2.75) is 0 Å². The van der Waals surface area contributed by atoms with Gasteiger partial charge in [0.05, 0.1) is 17.1 Å². The molecule has 0 saturated heterocycles. The molecule has 0 aliphatic rings. The first-order valence-electron chi connectivity index (χ1n) is 5.74. The Morgan fingerprint density at radius 1 is 1.48 bits per heavy atom. The normalized spacial score (nSPS) is 10.6. The summed E-state index contributed by atoms with van der Waals surface area (Å²) < 4.78 is 36.4. The number of hydrogen-bond donors (Lipinski definition) is 1. The number of nitrogens with one attached hydrogen (secondary N) is 1. The van der Waals surface area contributed by atoms with Gasteiger partial charge in [0.25, 0.3) is 0 Å². The van der Waals surface area contributed by atoms with Gasteiger partial charge in [-0.25, -0.2) is 4.39 Å². The Labute approximate surface area is 121 Å². The maximum Gasteiger partial charge on any atom is 0.305 e. The van der Waals surface area contributed by atoms with E-state index in [0.29, 0.717) is 18.3 Å². The van der Waals surface area contributed by atoms with Crippen LogP contribution in [-0.2, 0) is 4.74 Å². The summed E-state index contributed by atoms with van der Waals surface area (Å²) in [4.78, 5) is 13.7. The Bertz CT molecular complexity index is 665. The topological polar surface area (TPSA) is 90.2 Å². The highest BCUT2D eigenvalue weighted by molar-refractivity contribution is 7.09. The van der Waals surface area contributed by atoms with Crippen LogP contribution in [-0.4, -0.2) is 34.5 Å². The van der Waals surface area contributed by atoms with Crippen LogP contribution < -0.4 is 5.32 Å². The van der Waals surface area contributed by atoms with E-state index >= 15 is 0 Å². The average molecular weight is 316 g/mol. The molecule has 0 saturated carbocycles. The van der Waals surface area contributed by atoms with E-state index < -0.39 is 27.8 Å². The molecule has 0 aliphatic heterocycles. The highest BCUT2D eigenvalue weighted by atomic mass is 32.1. The van der Waals surface area contributed by atoms with E-state index in [-0.39, 0.29) is 5.82 Å². The van der Waals surface area contributed by atoms with Crippen molar-refractivity contribution < 1.29 is 18.4 Å². The number of nitrogens with zero attached hydrogens (tertiary/aromatic N) is 3. The van der Waals surface area contributed by atoms with Crippen molar-refractivity contribution in [3.05, 3.63) is 33.9 Å². The monoisotopic (exact) mass is 316 g/mol. The molecule has 0 aliphatic carbocycles. The van der Waals surface area contributed by atoms with Crippen LogP contribution in [0, 0.1) is 21.7 Å². The molecule has 1 aromatic heterocycles. The lowest BCUT2D eigenvalue weighted by Crippen LogP contribution is -2.07. The van der Waals surface area contributed by atoms with Crippen molar-refractivity contribution in [3.63, 3.8) is 0 Å². The molecule has 10 heteroatoms. The van der Waals surface area contributed by atoms with E-state index in [0.717, 1.165) is 23.7 Å². The molecule has 1 heterocycles. The van der Waals surface area contributed by atoms with Crippen molar-refractivity contribution in [2.75, 3.05) is 25.6 Å². The second-order valence-electron chi connectivity index (χ2n) is 3.86. The maximum atomic E-state index is 14.0. The number of nitro groups is 1. The third kappa shape index (κ3) is 3.28. The lowest BCUT2D eigenvalue weighted by Gasteiger charge is -2.01. The fourth-order valence-electron chi connectivity index (χ4n) is 1.54. The van der Waals surface area contributed by atoms with Gasteiger partial charge in [0.15, 0.2) is 5.82 Å². The van der Waals surface area contributed by atoms with Gasteiger partial charge < -0.3 is 10.1 Å². The van der Waals surface area contributed by atoms with Crippen LogP contribution in [0.15, 0.2) is 12.1 Å². The van der Waals surface area contributed by atoms with E-state index in [1.807, 2.05) is 0 Å². The van der Waals surface area contributed by atoms with Gasteiger partial charge in [-0.1, -0.05) is 0 Å². The van der Waals surface area contributed by atoms with Crippen molar-refractivity contribution in [1.29, 1.82) is 0 Å². The van der Waals surface area contributed by atoms with Crippen molar-refractivity contribution in [1.82, 2.24) is 9.36 Å². The van der Waals surface area contributed by atoms with Crippen molar-refractivity contribution in [2.24, 2.45) is 0 Å². The Morgan fingerprint density at radius 3 is 2.90 bits per heavy atom. The number of ether oxygens (including phenoxy) is 1. The van der Waals surface area contributed by atoms with Crippen LogP contribution in [0.5, 0.6) is 0 Å². The van der Waals surface area contributed by atoms with Gasteiger partial charge in [-0.05, 0) is 6.07 Å². The summed E-state index contributed by atoms with van der Waals surface area (Å²) in [6.07, 6.45) is 0. The van der Waals surface area contributed by atoms with Crippen LogP contribution in [0.25, 0.3) is 11.4 Å². The van der Waals surface area contributed by atoms with Crippen LogP contribution in [0.3, 0.4) is 0 Å². The molecule has 0 fully saturated rings. The Morgan fingerprint density at radius 2 is 2.24 bits per heavy atom. The molecule has 0 spiro atoms. The molecule has 1 aromatic carbocycles. The number of aromatic nitrogens is 2. The first-order valence-corrected chi connectivity index (χ1v) is 6.51. The molecule has 0 radical (unpaired) electrons. The van der Waals surface area contributed by atoms with Gasteiger partial charge in [0, 0.05) is 31.3 Å². The Hall–Kier alpha value is -2.20. The highest BCUT2D eigenvalue weighted by Gasteiger charge is 2.25. The van der Waals surface area contributed by atoms with Crippen LogP contribution in [0.4, 0.5) is 19.6 Å². The highest BCUT2D eigenvalue weighted by Crippen LogP contribution is 2.31. The summed E-state index contributed by atoms with van der Waals surface area (Å²) in [6.45, 7) is 0.874. The minimum Gasteiger partial charge on any atom is -0.383 e. The largest absolute Gasteiger partial charge is 0.383 e. The summed E-state index contributed by atoms with van der Waals surface area (Å²) in [6, 6.07) is 1.58. The van der Waals surface area contributed by atoms with E-state index in [9.17, 15) is 18.9 Å². The Kier molecular flexibility index (Phi) is 4.70. The quantitative estimate of drug-likeness (QED) is 0.500. The van der Waals surface area contributed by atoms with Crippen LogP contribution in [0.2, 0.25) is 0 Å². The average Bonchev–Trinajstić information content (AvgIpc) is 2.87. The zero-order valence-electron chi connectivity index (χ0n) is 10.8. The van der Waals surface area contributed by atoms with Crippen LogP contribution >= 0.6 is 11.5 Å². The second kappa shape index (κ2) is 6.50. The van der Waals surface area contributed by atoms with E-state index in [1.54, 1.807) is 0 Å². The molecule has 0 amide bonds. The summed E-state index contributed by atoms with van der Waals surface area (Å²) in [5, 5.41) is 13.9. The molecule has 112 valence electrons. The van der Waals surface area contributed by atoms with Crippen LogP contribution in [0.1, 0.15) is 0 Å². The summed E-state index contributed by atoms with van der Waals surface area (Å²) >= 11 is 0.896. The molecule has 2 rings (SSSR count). The fraction of sp³-hybridized carbons (Fsp3) is 0.273. The second-order valence-corrected chi connectivity index (χ2v) is 4.61. The van der Waals surface area contributed by atoms with Crippen molar-refractivity contribution in [3.8, 4) is 11.4 Å². The molecule has 7 nitrogen and oxygen atoms in total. The molecule has 0 atom stereocenters. The smallest absolute Gasteiger partial charge is 0.305 e. The summed E-state index contributed by atoms with van der Waals surface area (Å²) in [5.41, 5.74) is -1.43. The van der Waals surface area contributed by atoms with Gasteiger partial charge in [-0.15, -0.1) is 0 Å². The number of benzene rings is 1. The molecule has 1 N–H and O–H groups in total. The van der Waals surface area contributed by atoms with Gasteiger partial charge in [-0.3, -0.25) is 10.1 Å². The standard InChI is InChI=1S/C11H10F2N4O3S/c1-20-5-4-14-11-15-10(16-21-11)8-6(12)2-3-7(9(8)13)17(18)19/h2-3H,4-5H2,1H3,(H,14,15,16).